The highest BCUT2D eigenvalue weighted by atomic mass is 80.0. The lowest BCUT2D eigenvalue weighted by molar-refractivity contribution is 0.0251. The van der Waals surface area contributed by atoms with Crippen LogP contribution in [0, 0.1) is 11.3 Å². The van der Waals surface area contributed by atoms with Crippen molar-refractivity contribution in [1.29, 1.82) is 5.26 Å². The maximum atomic E-state index is 8.85. The summed E-state index contributed by atoms with van der Waals surface area (Å²) in [6.07, 6.45) is 6.17. The van der Waals surface area contributed by atoms with E-state index in [9.17, 15) is 0 Å². The summed E-state index contributed by atoms with van der Waals surface area (Å²) in [6.45, 7) is 0.851. The number of ether oxygens (including phenoxy) is 1. The average Bonchev–Trinajstić information content (AvgIpc) is 2.51. The third-order valence-electron chi connectivity index (χ3n) is 4.14. The molecule has 0 bridgehead atoms. The fourth-order valence-electron chi connectivity index (χ4n) is 2.92. The van der Waals surface area contributed by atoms with Crippen LogP contribution in [0.4, 0.5) is 0 Å². The molecule has 120 valence electrons. The van der Waals surface area contributed by atoms with Crippen LogP contribution in [0.3, 0.4) is 0 Å². The molecule has 0 spiro atoms. The normalized spacial score (nSPS) is 22.3. The second kappa shape index (κ2) is 8.98. The lowest BCUT2D eigenvalue weighted by atomic mass is 9.82. The fourth-order valence-corrected chi connectivity index (χ4v) is 5.98. The van der Waals surface area contributed by atoms with Gasteiger partial charge in [0.1, 0.15) is 0 Å². The zero-order chi connectivity index (χ0) is 16.0. The largest absolute Gasteiger partial charge is 0.378 e. The highest BCUT2D eigenvalue weighted by Gasteiger charge is 2.24. The summed E-state index contributed by atoms with van der Waals surface area (Å²) in [5, 5.41) is 8.85. The van der Waals surface area contributed by atoms with Crippen molar-refractivity contribution in [2.24, 2.45) is 0 Å². The summed E-state index contributed by atoms with van der Waals surface area (Å²) in [5.41, 5.74) is 2.11. The Hall–Kier alpha value is 0.327. The zero-order valence-corrected chi connectivity index (χ0v) is 18.2. The molecular formula is C16H20Br3NOSi. The van der Waals surface area contributed by atoms with Gasteiger partial charge in [0.15, 0.2) is 0 Å². The van der Waals surface area contributed by atoms with Crippen LogP contribution in [0.5, 0.6) is 0 Å². The van der Waals surface area contributed by atoms with Crippen molar-refractivity contribution in [3.8, 4) is 6.07 Å². The first-order chi connectivity index (χ1) is 10.5. The van der Waals surface area contributed by atoms with Gasteiger partial charge in [-0.2, -0.15) is 5.26 Å². The van der Waals surface area contributed by atoms with Crippen LogP contribution in [-0.4, -0.2) is 16.6 Å². The number of hydrogen-bond donors (Lipinski definition) is 0. The molecule has 1 saturated carbocycles. The van der Waals surface area contributed by atoms with E-state index < -0.39 is 3.93 Å². The molecule has 0 heterocycles. The van der Waals surface area contributed by atoms with Gasteiger partial charge in [-0.05, 0) is 61.8 Å². The number of nitrogens with zero attached hydrogens (tertiary/aromatic N) is 1. The Balaban J connectivity index is 1.70. The summed E-state index contributed by atoms with van der Waals surface area (Å²) in [7, 11) is 0. The molecule has 22 heavy (non-hydrogen) atoms. The Bertz CT molecular complexity index is 502. The molecule has 0 aliphatic heterocycles. The highest BCUT2D eigenvalue weighted by molar-refractivity contribution is 9.72. The predicted molar refractivity (Wildman–Crippen MR) is 104 cm³/mol. The van der Waals surface area contributed by atoms with Crippen molar-refractivity contribution < 1.29 is 4.74 Å². The van der Waals surface area contributed by atoms with E-state index in [-0.39, 0.29) is 0 Å². The third kappa shape index (κ3) is 6.44. The highest BCUT2D eigenvalue weighted by Crippen LogP contribution is 2.35. The molecule has 1 aliphatic rings. The second-order valence-corrected chi connectivity index (χ2v) is 29.3. The summed E-state index contributed by atoms with van der Waals surface area (Å²) in [5.74, 6) is 0.625. The monoisotopic (exact) mass is 507 g/mol. The predicted octanol–water partition coefficient (Wildman–Crippen LogP) is 6.11. The molecule has 0 saturated heterocycles. The first-order valence-electron chi connectivity index (χ1n) is 7.66. The van der Waals surface area contributed by atoms with E-state index in [0.29, 0.717) is 12.0 Å². The average molecular weight is 510 g/mol. The quantitative estimate of drug-likeness (QED) is 0.263. The Morgan fingerprint density at radius 2 is 1.73 bits per heavy atom. The minimum Gasteiger partial charge on any atom is -0.378 e. The van der Waals surface area contributed by atoms with Gasteiger partial charge in [-0.1, -0.05) is 58.0 Å². The summed E-state index contributed by atoms with van der Waals surface area (Å²) >= 11 is 10.9. The van der Waals surface area contributed by atoms with Crippen LogP contribution in [0.15, 0.2) is 24.3 Å². The number of hydrogen-bond acceptors (Lipinski definition) is 2. The van der Waals surface area contributed by atoms with Crippen molar-refractivity contribution >= 4 is 49.8 Å². The molecule has 1 aliphatic carbocycles. The van der Waals surface area contributed by atoms with Gasteiger partial charge >= 0.3 is 0 Å². The molecule has 2 rings (SSSR count). The second-order valence-electron chi connectivity index (χ2n) is 5.80. The Labute approximate surface area is 157 Å². The molecule has 1 aromatic rings. The molecule has 0 unspecified atom stereocenters. The summed E-state index contributed by atoms with van der Waals surface area (Å²) < 4.78 is 4.54. The van der Waals surface area contributed by atoms with Gasteiger partial charge in [0, 0.05) is 6.61 Å². The Morgan fingerprint density at radius 3 is 2.27 bits per heavy atom. The topological polar surface area (TPSA) is 33.0 Å². The molecule has 0 amide bonds. The van der Waals surface area contributed by atoms with Crippen molar-refractivity contribution in [2.75, 3.05) is 6.61 Å². The maximum Gasteiger partial charge on any atom is 0.267 e. The van der Waals surface area contributed by atoms with E-state index in [0.717, 1.165) is 37.5 Å². The standard InChI is InChI=1S/C16H20Br3NOSi/c17-22(18,19)11-1-10-21-16-8-6-15(7-9-16)14-4-2-13(12-20)3-5-14/h2-5,15-16H,1,6-11H2/t15-,16-. The molecule has 1 fully saturated rings. The molecule has 0 N–H and O–H groups in total. The molecular weight excluding hydrogens is 490 g/mol. The van der Waals surface area contributed by atoms with E-state index in [1.807, 2.05) is 12.1 Å². The smallest absolute Gasteiger partial charge is 0.267 e. The van der Waals surface area contributed by atoms with Crippen molar-refractivity contribution in [2.45, 2.75) is 50.2 Å². The molecule has 0 atom stereocenters. The number of benzene rings is 1. The van der Waals surface area contributed by atoms with Gasteiger partial charge in [0.25, 0.3) is 3.93 Å². The minimum absolute atomic E-state index is 0.423. The van der Waals surface area contributed by atoms with Crippen LogP contribution in [0.2, 0.25) is 6.04 Å². The zero-order valence-electron chi connectivity index (χ0n) is 12.4. The Morgan fingerprint density at radius 1 is 1.09 bits per heavy atom. The summed E-state index contributed by atoms with van der Waals surface area (Å²) in [4.78, 5) is 0. The minimum atomic E-state index is -1.47. The number of nitriles is 1. The lowest BCUT2D eigenvalue weighted by Crippen LogP contribution is -2.21. The van der Waals surface area contributed by atoms with E-state index >= 15 is 0 Å². The van der Waals surface area contributed by atoms with Crippen molar-refractivity contribution in [3.05, 3.63) is 35.4 Å². The lowest BCUT2D eigenvalue weighted by Gasteiger charge is -2.29. The van der Waals surface area contributed by atoms with E-state index in [1.165, 1.54) is 18.4 Å². The van der Waals surface area contributed by atoms with E-state index in [4.69, 9.17) is 10.00 Å². The van der Waals surface area contributed by atoms with E-state index in [2.05, 4.69) is 64.1 Å². The van der Waals surface area contributed by atoms with Crippen LogP contribution < -0.4 is 0 Å². The van der Waals surface area contributed by atoms with Crippen LogP contribution in [0.25, 0.3) is 0 Å². The van der Waals surface area contributed by atoms with Gasteiger partial charge in [-0.25, -0.2) is 0 Å². The van der Waals surface area contributed by atoms with Crippen LogP contribution in [-0.2, 0) is 4.74 Å². The summed E-state index contributed by atoms with van der Waals surface area (Å²) in [6, 6.07) is 11.4. The SMILES string of the molecule is N#Cc1ccc([C@H]2CC[C@H](OCCC[Si](Br)(Br)Br)CC2)cc1. The van der Waals surface area contributed by atoms with Gasteiger partial charge in [0.05, 0.1) is 17.7 Å². The first-order valence-corrected chi connectivity index (χ1v) is 16.6. The number of rotatable bonds is 6. The van der Waals surface area contributed by atoms with E-state index in [1.54, 1.807) is 0 Å². The van der Waals surface area contributed by atoms with Crippen LogP contribution >= 0.6 is 45.9 Å². The van der Waals surface area contributed by atoms with Gasteiger partial charge in [-0.15, -0.1) is 0 Å². The Kier molecular flexibility index (Phi) is 7.62. The first kappa shape index (κ1) is 18.7. The molecule has 6 heteroatoms. The molecule has 0 radical (unpaired) electrons. The van der Waals surface area contributed by atoms with Gasteiger partial charge in [-0.3, -0.25) is 0 Å². The molecule has 2 nitrogen and oxygen atoms in total. The van der Waals surface area contributed by atoms with Crippen molar-refractivity contribution in [3.63, 3.8) is 0 Å². The fraction of sp³-hybridized carbons (Fsp3) is 0.562. The van der Waals surface area contributed by atoms with Gasteiger partial charge in [0.2, 0.25) is 0 Å². The van der Waals surface area contributed by atoms with Crippen molar-refractivity contribution in [1.82, 2.24) is 0 Å². The molecule has 1 aromatic carbocycles. The molecule has 0 aromatic heterocycles. The van der Waals surface area contributed by atoms with Gasteiger partial charge < -0.3 is 4.74 Å². The van der Waals surface area contributed by atoms with Crippen LogP contribution in [0.1, 0.15) is 49.1 Å². The maximum absolute atomic E-state index is 8.85. The number of halogens is 3. The third-order valence-corrected chi connectivity index (χ3v) is 8.63.